The molecule has 0 unspecified atom stereocenters. The average Bonchev–Trinajstić information content (AvgIpc) is 3.07. The Morgan fingerprint density at radius 3 is 2.79 bits per heavy atom. The number of aryl methyl sites for hydroxylation is 1. The highest BCUT2D eigenvalue weighted by molar-refractivity contribution is 7.13. The number of benzene rings is 1. The number of imidazole rings is 1. The number of aromatic nitrogens is 3. The monoisotopic (exact) mass is 270 g/mol. The Kier molecular flexibility index (Phi) is 3.29. The summed E-state index contributed by atoms with van der Waals surface area (Å²) in [4.78, 5) is 8.62. The van der Waals surface area contributed by atoms with Crippen molar-refractivity contribution in [3.8, 4) is 5.69 Å². The van der Waals surface area contributed by atoms with E-state index in [9.17, 15) is 0 Å². The van der Waals surface area contributed by atoms with Gasteiger partial charge in [-0.3, -0.25) is 4.57 Å². The van der Waals surface area contributed by atoms with Crippen molar-refractivity contribution in [2.45, 2.75) is 13.5 Å². The second-order valence-electron chi connectivity index (χ2n) is 4.16. The summed E-state index contributed by atoms with van der Waals surface area (Å²) in [6.45, 7) is 2.73. The van der Waals surface area contributed by atoms with Crippen LogP contribution < -0.4 is 5.32 Å². The maximum atomic E-state index is 4.40. The van der Waals surface area contributed by atoms with Crippen LogP contribution in [0.2, 0.25) is 0 Å². The molecule has 0 bridgehead atoms. The predicted octanol–water partition coefficient (Wildman–Crippen LogP) is 3.25. The minimum Gasteiger partial charge on any atom is -0.356 e. The van der Waals surface area contributed by atoms with Crippen molar-refractivity contribution in [2.75, 3.05) is 5.32 Å². The molecule has 0 aliphatic carbocycles. The topological polar surface area (TPSA) is 42.7 Å². The van der Waals surface area contributed by atoms with Crippen LogP contribution >= 0.6 is 11.3 Å². The molecule has 0 saturated heterocycles. The second-order valence-corrected chi connectivity index (χ2v) is 5.05. The third-order valence-corrected chi connectivity index (χ3v) is 3.61. The molecule has 0 spiro atoms. The Bertz CT molecular complexity index is 643. The van der Waals surface area contributed by atoms with Gasteiger partial charge in [-0.25, -0.2) is 9.97 Å². The lowest BCUT2D eigenvalue weighted by molar-refractivity contribution is 0.899. The van der Waals surface area contributed by atoms with Crippen LogP contribution in [0.25, 0.3) is 5.69 Å². The number of para-hydroxylation sites is 1. The second kappa shape index (κ2) is 5.24. The molecule has 0 atom stereocenters. The van der Waals surface area contributed by atoms with E-state index in [0.29, 0.717) is 6.54 Å². The first-order valence-electron chi connectivity index (χ1n) is 6.06. The van der Waals surface area contributed by atoms with Gasteiger partial charge in [0.05, 0.1) is 18.4 Å². The summed E-state index contributed by atoms with van der Waals surface area (Å²) < 4.78 is 2.15. The van der Waals surface area contributed by atoms with E-state index < -0.39 is 0 Å². The summed E-state index contributed by atoms with van der Waals surface area (Å²) >= 11 is 1.60. The summed E-state index contributed by atoms with van der Waals surface area (Å²) in [5, 5.41) is 6.20. The van der Waals surface area contributed by atoms with Gasteiger partial charge < -0.3 is 5.32 Å². The summed E-state index contributed by atoms with van der Waals surface area (Å²) in [7, 11) is 0. The van der Waals surface area contributed by atoms with Gasteiger partial charge in [0.2, 0.25) is 0 Å². The highest BCUT2D eigenvalue weighted by Gasteiger charge is 2.08. The summed E-state index contributed by atoms with van der Waals surface area (Å²) in [6, 6.07) is 10.3. The van der Waals surface area contributed by atoms with Crippen LogP contribution in [-0.4, -0.2) is 14.5 Å². The number of hydrogen-bond donors (Lipinski definition) is 1. The molecular formula is C14H14N4S. The van der Waals surface area contributed by atoms with E-state index in [0.717, 1.165) is 22.3 Å². The highest BCUT2D eigenvalue weighted by atomic mass is 32.1. The van der Waals surface area contributed by atoms with Gasteiger partial charge in [-0.1, -0.05) is 18.2 Å². The van der Waals surface area contributed by atoms with Crippen molar-refractivity contribution in [1.29, 1.82) is 0 Å². The molecule has 2 aromatic heterocycles. The number of anilines is 1. The lowest BCUT2D eigenvalue weighted by Crippen LogP contribution is -2.07. The van der Waals surface area contributed by atoms with Gasteiger partial charge in [-0.05, 0) is 19.1 Å². The van der Waals surface area contributed by atoms with Crippen LogP contribution in [0.5, 0.6) is 0 Å². The molecular weight excluding hydrogens is 256 g/mol. The Morgan fingerprint density at radius 1 is 1.21 bits per heavy atom. The molecule has 19 heavy (non-hydrogen) atoms. The molecule has 3 rings (SSSR count). The van der Waals surface area contributed by atoms with Crippen molar-refractivity contribution in [2.24, 2.45) is 0 Å². The van der Waals surface area contributed by atoms with Gasteiger partial charge in [0.1, 0.15) is 5.82 Å². The normalized spacial score (nSPS) is 10.6. The molecule has 0 radical (unpaired) electrons. The molecule has 96 valence electrons. The largest absolute Gasteiger partial charge is 0.356 e. The van der Waals surface area contributed by atoms with E-state index in [-0.39, 0.29) is 0 Å². The van der Waals surface area contributed by atoms with Crippen LogP contribution in [0.15, 0.2) is 48.1 Å². The number of nitrogens with one attached hydrogen (secondary N) is 1. The summed E-state index contributed by atoms with van der Waals surface area (Å²) in [5.41, 5.74) is 2.26. The molecule has 1 aromatic carbocycles. The van der Waals surface area contributed by atoms with Gasteiger partial charge in [-0.15, -0.1) is 11.3 Å². The summed E-state index contributed by atoms with van der Waals surface area (Å²) in [6.07, 6.45) is 3.70. The first kappa shape index (κ1) is 11.9. The van der Waals surface area contributed by atoms with Crippen LogP contribution in [0.4, 0.5) is 5.13 Å². The highest BCUT2D eigenvalue weighted by Crippen LogP contribution is 2.17. The predicted molar refractivity (Wildman–Crippen MR) is 77.7 cm³/mol. The molecule has 4 nitrogen and oxygen atoms in total. The number of nitrogens with zero attached hydrogens (tertiary/aromatic N) is 3. The zero-order valence-corrected chi connectivity index (χ0v) is 11.4. The molecule has 0 amide bonds. The minimum absolute atomic E-state index is 0.712. The third-order valence-electron chi connectivity index (χ3n) is 2.88. The van der Waals surface area contributed by atoms with Crippen LogP contribution in [0.3, 0.4) is 0 Å². The Balaban J connectivity index is 1.87. The maximum Gasteiger partial charge on any atom is 0.182 e. The standard InChI is InChI=1S/C14H14N4S/c1-11-16-9-13(10-17-14-15-7-8-19-14)18(11)12-5-3-2-4-6-12/h2-9H,10H2,1H3,(H,15,17). The fourth-order valence-corrected chi connectivity index (χ4v) is 2.55. The molecule has 0 aliphatic heterocycles. The van der Waals surface area contributed by atoms with Crippen molar-refractivity contribution < 1.29 is 0 Å². The number of rotatable bonds is 4. The van der Waals surface area contributed by atoms with Crippen molar-refractivity contribution >= 4 is 16.5 Å². The van der Waals surface area contributed by atoms with Crippen molar-refractivity contribution in [1.82, 2.24) is 14.5 Å². The molecule has 0 aliphatic rings. The Morgan fingerprint density at radius 2 is 2.05 bits per heavy atom. The first-order valence-corrected chi connectivity index (χ1v) is 6.94. The smallest absolute Gasteiger partial charge is 0.182 e. The lowest BCUT2D eigenvalue weighted by Gasteiger charge is -2.10. The van der Waals surface area contributed by atoms with Gasteiger partial charge in [-0.2, -0.15) is 0 Å². The number of thiazole rings is 1. The zero-order chi connectivity index (χ0) is 13.1. The van der Waals surface area contributed by atoms with E-state index in [2.05, 4.69) is 32.0 Å². The Labute approximate surface area is 115 Å². The SMILES string of the molecule is Cc1ncc(CNc2nccs2)n1-c1ccccc1. The van der Waals surface area contributed by atoms with Crippen molar-refractivity contribution in [3.05, 3.63) is 59.6 Å². The van der Waals surface area contributed by atoms with Crippen LogP contribution in [0, 0.1) is 6.92 Å². The fourth-order valence-electron chi connectivity index (χ4n) is 2.02. The molecule has 2 heterocycles. The molecule has 5 heteroatoms. The first-order chi connectivity index (χ1) is 9.34. The molecule has 0 fully saturated rings. The van der Waals surface area contributed by atoms with Gasteiger partial charge in [0.15, 0.2) is 5.13 Å². The maximum absolute atomic E-state index is 4.40. The quantitative estimate of drug-likeness (QED) is 0.791. The molecule has 0 saturated carbocycles. The average molecular weight is 270 g/mol. The summed E-state index contributed by atoms with van der Waals surface area (Å²) in [5.74, 6) is 0.988. The lowest BCUT2D eigenvalue weighted by atomic mass is 10.3. The van der Waals surface area contributed by atoms with Crippen molar-refractivity contribution in [3.63, 3.8) is 0 Å². The van der Waals surface area contributed by atoms with E-state index in [1.807, 2.05) is 36.7 Å². The fraction of sp³-hybridized carbons (Fsp3) is 0.143. The van der Waals surface area contributed by atoms with E-state index in [1.54, 1.807) is 17.5 Å². The van der Waals surface area contributed by atoms with E-state index in [4.69, 9.17) is 0 Å². The zero-order valence-electron chi connectivity index (χ0n) is 10.6. The minimum atomic E-state index is 0.712. The third kappa shape index (κ3) is 2.51. The van der Waals surface area contributed by atoms with Crippen LogP contribution in [0.1, 0.15) is 11.5 Å². The Hall–Kier alpha value is -2.14. The van der Waals surface area contributed by atoms with Gasteiger partial charge in [0.25, 0.3) is 0 Å². The van der Waals surface area contributed by atoms with Gasteiger partial charge >= 0.3 is 0 Å². The van der Waals surface area contributed by atoms with Crippen LogP contribution in [-0.2, 0) is 6.54 Å². The molecule has 3 aromatic rings. The van der Waals surface area contributed by atoms with E-state index in [1.165, 1.54) is 0 Å². The number of hydrogen-bond acceptors (Lipinski definition) is 4. The van der Waals surface area contributed by atoms with E-state index >= 15 is 0 Å². The molecule has 1 N–H and O–H groups in total. The van der Waals surface area contributed by atoms with Gasteiger partial charge in [0, 0.05) is 17.3 Å².